The molecule has 0 fully saturated rings. The molecule has 27 heavy (non-hydrogen) atoms. The van der Waals surface area contributed by atoms with Crippen molar-refractivity contribution in [1.82, 2.24) is 4.98 Å². The monoisotopic (exact) mass is 377 g/mol. The molecule has 0 radical (unpaired) electrons. The van der Waals surface area contributed by atoms with Gasteiger partial charge in [-0.15, -0.1) is 0 Å². The Morgan fingerprint density at radius 1 is 1.00 bits per heavy atom. The standard InChI is InChI=1S/C22H23F4N/c1-14-10-17(23)8-9-19(14)21(2,3)13-16(22(24,25)26)12-18-11-15-6-4-5-7-20(15)27-18/h4-11,16,27H,12-13H2,1-3H3. The lowest BCUT2D eigenvalue weighted by molar-refractivity contribution is -0.179. The molecule has 1 nitrogen and oxygen atoms in total. The van der Waals surface area contributed by atoms with E-state index >= 15 is 0 Å². The molecule has 0 aliphatic rings. The highest BCUT2D eigenvalue weighted by Gasteiger charge is 2.43. The number of halogens is 4. The summed E-state index contributed by atoms with van der Waals surface area (Å²) in [5.74, 6) is -1.87. The maximum absolute atomic E-state index is 13.8. The number of fused-ring (bicyclic) bond motifs is 1. The van der Waals surface area contributed by atoms with Gasteiger partial charge in [0.2, 0.25) is 0 Å². The maximum Gasteiger partial charge on any atom is 0.392 e. The average Bonchev–Trinajstić information content (AvgIpc) is 2.95. The third-order valence-electron chi connectivity index (χ3n) is 5.19. The first-order valence-electron chi connectivity index (χ1n) is 8.96. The lowest BCUT2D eigenvalue weighted by Gasteiger charge is -2.32. The second-order valence-corrected chi connectivity index (χ2v) is 7.87. The number of H-pyrrole nitrogens is 1. The van der Waals surface area contributed by atoms with Gasteiger partial charge in [-0.1, -0.05) is 38.1 Å². The maximum atomic E-state index is 13.8. The molecule has 0 saturated heterocycles. The first kappa shape index (κ1) is 19.5. The molecule has 0 aliphatic heterocycles. The number of aromatic nitrogens is 1. The lowest BCUT2D eigenvalue weighted by Crippen LogP contribution is -2.33. The topological polar surface area (TPSA) is 15.8 Å². The zero-order chi connectivity index (χ0) is 19.8. The first-order valence-corrected chi connectivity index (χ1v) is 8.96. The van der Waals surface area contributed by atoms with Crippen molar-refractivity contribution >= 4 is 10.9 Å². The van der Waals surface area contributed by atoms with Gasteiger partial charge in [0.05, 0.1) is 5.92 Å². The molecule has 0 spiro atoms. The smallest absolute Gasteiger partial charge is 0.358 e. The summed E-state index contributed by atoms with van der Waals surface area (Å²) in [6, 6.07) is 13.5. The predicted molar refractivity (Wildman–Crippen MR) is 100 cm³/mol. The lowest BCUT2D eigenvalue weighted by atomic mass is 9.74. The van der Waals surface area contributed by atoms with Gasteiger partial charge in [0.15, 0.2) is 0 Å². The fraction of sp³-hybridized carbons (Fsp3) is 0.364. The van der Waals surface area contributed by atoms with Gasteiger partial charge in [0, 0.05) is 11.2 Å². The SMILES string of the molecule is Cc1cc(F)ccc1C(C)(C)CC(Cc1cc2ccccc2[nH]1)C(F)(F)F. The second kappa shape index (κ2) is 7.02. The number of aryl methyl sites for hydroxylation is 1. The number of hydrogen-bond acceptors (Lipinski definition) is 0. The van der Waals surface area contributed by atoms with Crippen LogP contribution in [0.5, 0.6) is 0 Å². The van der Waals surface area contributed by atoms with Gasteiger partial charge in [-0.05, 0) is 66.0 Å². The molecule has 5 heteroatoms. The molecule has 144 valence electrons. The van der Waals surface area contributed by atoms with Crippen LogP contribution in [0, 0.1) is 18.7 Å². The Kier molecular flexibility index (Phi) is 5.06. The summed E-state index contributed by atoms with van der Waals surface area (Å²) in [7, 11) is 0. The van der Waals surface area contributed by atoms with Crippen LogP contribution in [0.4, 0.5) is 17.6 Å². The van der Waals surface area contributed by atoms with Crippen LogP contribution < -0.4 is 0 Å². The first-order chi connectivity index (χ1) is 12.6. The number of rotatable bonds is 5. The van der Waals surface area contributed by atoms with E-state index < -0.39 is 17.5 Å². The Hall–Kier alpha value is -2.30. The quantitative estimate of drug-likeness (QED) is 0.476. The number of aromatic amines is 1. The van der Waals surface area contributed by atoms with E-state index in [0.717, 1.165) is 16.5 Å². The van der Waals surface area contributed by atoms with Gasteiger partial charge in [-0.3, -0.25) is 0 Å². The molecule has 3 rings (SSSR count). The molecule has 0 bridgehead atoms. The van der Waals surface area contributed by atoms with E-state index in [1.54, 1.807) is 32.9 Å². The van der Waals surface area contributed by atoms with Gasteiger partial charge >= 0.3 is 6.18 Å². The Bertz CT molecular complexity index is 904. The molecule has 0 saturated carbocycles. The summed E-state index contributed by atoms with van der Waals surface area (Å²) in [5, 5.41) is 0.905. The molecule has 2 aromatic carbocycles. The van der Waals surface area contributed by atoms with Crippen molar-refractivity contribution in [2.45, 2.75) is 45.2 Å². The van der Waals surface area contributed by atoms with Crippen LogP contribution in [-0.4, -0.2) is 11.2 Å². The fourth-order valence-electron chi connectivity index (χ4n) is 3.92. The number of hydrogen-bond donors (Lipinski definition) is 1. The Labute approximate surface area is 156 Å². The normalized spacial score (nSPS) is 13.9. The predicted octanol–water partition coefficient (Wildman–Crippen LogP) is 6.70. The second-order valence-electron chi connectivity index (χ2n) is 7.87. The molecule has 1 aromatic heterocycles. The van der Waals surface area contributed by atoms with Crippen LogP contribution in [-0.2, 0) is 11.8 Å². The molecule has 1 atom stereocenters. The fourth-order valence-corrected chi connectivity index (χ4v) is 3.92. The summed E-state index contributed by atoms with van der Waals surface area (Å²) in [6.45, 7) is 5.31. The summed E-state index contributed by atoms with van der Waals surface area (Å²) in [4.78, 5) is 3.09. The molecule has 0 amide bonds. The highest BCUT2D eigenvalue weighted by atomic mass is 19.4. The Morgan fingerprint density at radius 2 is 1.70 bits per heavy atom. The van der Waals surface area contributed by atoms with Gasteiger partial charge < -0.3 is 4.98 Å². The van der Waals surface area contributed by atoms with Crippen molar-refractivity contribution in [3.8, 4) is 0 Å². The summed E-state index contributed by atoms with van der Waals surface area (Å²) in [5.41, 5.74) is 2.10. The third kappa shape index (κ3) is 4.34. The molecular weight excluding hydrogens is 354 g/mol. The Balaban J connectivity index is 1.88. The van der Waals surface area contributed by atoms with Crippen LogP contribution in [0.3, 0.4) is 0 Å². The zero-order valence-corrected chi connectivity index (χ0v) is 15.6. The molecule has 0 aliphatic carbocycles. The third-order valence-corrected chi connectivity index (χ3v) is 5.19. The summed E-state index contributed by atoms with van der Waals surface area (Å²) >= 11 is 0. The van der Waals surface area contributed by atoms with E-state index in [9.17, 15) is 17.6 Å². The van der Waals surface area contributed by atoms with E-state index in [2.05, 4.69) is 4.98 Å². The van der Waals surface area contributed by atoms with Crippen LogP contribution >= 0.6 is 0 Å². The van der Waals surface area contributed by atoms with Crippen LogP contribution in [0.15, 0.2) is 48.5 Å². The molecule has 1 heterocycles. The van der Waals surface area contributed by atoms with Crippen molar-refractivity contribution in [1.29, 1.82) is 0 Å². The van der Waals surface area contributed by atoms with E-state index in [4.69, 9.17) is 0 Å². The van der Waals surface area contributed by atoms with Crippen molar-refractivity contribution in [2.24, 2.45) is 5.92 Å². The molecule has 1 unspecified atom stereocenters. The van der Waals surface area contributed by atoms with Crippen molar-refractivity contribution < 1.29 is 17.6 Å². The van der Waals surface area contributed by atoms with E-state index in [0.29, 0.717) is 11.3 Å². The number of alkyl halides is 3. The van der Waals surface area contributed by atoms with Gasteiger partial charge in [-0.2, -0.15) is 13.2 Å². The minimum absolute atomic E-state index is 0.0711. The summed E-state index contributed by atoms with van der Waals surface area (Å²) in [6.07, 6.45) is -4.50. The Morgan fingerprint density at radius 3 is 2.33 bits per heavy atom. The average molecular weight is 377 g/mol. The van der Waals surface area contributed by atoms with Crippen LogP contribution in [0.2, 0.25) is 0 Å². The van der Waals surface area contributed by atoms with E-state index in [1.807, 2.05) is 24.3 Å². The van der Waals surface area contributed by atoms with E-state index in [-0.39, 0.29) is 18.7 Å². The highest BCUT2D eigenvalue weighted by molar-refractivity contribution is 5.80. The van der Waals surface area contributed by atoms with E-state index in [1.165, 1.54) is 12.1 Å². The highest BCUT2D eigenvalue weighted by Crippen LogP contribution is 2.41. The van der Waals surface area contributed by atoms with Crippen molar-refractivity contribution in [3.63, 3.8) is 0 Å². The zero-order valence-electron chi connectivity index (χ0n) is 15.6. The van der Waals surface area contributed by atoms with Gasteiger partial charge in [-0.25, -0.2) is 4.39 Å². The largest absolute Gasteiger partial charge is 0.392 e. The summed E-state index contributed by atoms with van der Waals surface area (Å²) < 4.78 is 54.8. The molecule has 1 N–H and O–H groups in total. The van der Waals surface area contributed by atoms with Crippen LogP contribution in [0.1, 0.15) is 37.1 Å². The van der Waals surface area contributed by atoms with Gasteiger partial charge in [0.1, 0.15) is 5.82 Å². The molecule has 3 aromatic rings. The van der Waals surface area contributed by atoms with Crippen molar-refractivity contribution in [2.75, 3.05) is 0 Å². The number of benzene rings is 2. The minimum Gasteiger partial charge on any atom is -0.358 e. The number of para-hydroxylation sites is 1. The minimum atomic E-state index is -4.32. The molecular formula is C22H23F4N. The van der Waals surface area contributed by atoms with Crippen molar-refractivity contribution in [3.05, 3.63) is 71.2 Å². The van der Waals surface area contributed by atoms with Crippen LogP contribution in [0.25, 0.3) is 10.9 Å². The number of nitrogens with one attached hydrogen (secondary N) is 1. The van der Waals surface area contributed by atoms with Gasteiger partial charge in [0.25, 0.3) is 0 Å².